The third-order valence-electron chi connectivity index (χ3n) is 1.42. The molecule has 2 heterocycles. The van der Waals surface area contributed by atoms with E-state index < -0.39 is 0 Å². The molecule has 0 saturated carbocycles. The third kappa shape index (κ3) is 2.07. The van der Waals surface area contributed by atoms with Crippen molar-refractivity contribution in [1.82, 2.24) is 9.97 Å². The lowest BCUT2D eigenvalue weighted by molar-refractivity contribution is 1.16. The second-order valence-electron chi connectivity index (χ2n) is 2.31. The Hall–Kier alpha value is -0.450. The van der Waals surface area contributed by atoms with Gasteiger partial charge in [0.05, 0.1) is 9.21 Å². The largest absolute Gasteiger partial charge is 0.236 e. The van der Waals surface area contributed by atoms with Crippen molar-refractivity contribution in [2.45, 2.75) is 0 Å². The lowest BCUT2D eigenvalue weighted by Gasteiger charge is -1.94. The minimum Gasteiger partial charge on any atom is -0.236 e. The number of hydrogen-bond donors (Lipinski definition) is 0. The van der Waals surface area contributed by atoms with Gasteiger partial charge in [-0.25, -0.2) is 9.97 Å². The predicted octanol–water partition coefficient (Wildman–Crippen LogP) is 3.62. The number of hydrogen-bond acceptors (Lipinski definition) is 3. The molecule has 0 radical (unpaired) electrons. The van der Waals surface area contributed by atoms with Gasteiger partial charge in [0.2, 0.25) is 0 Å². The Morgan fingerprint density at radius 1 is 1.31 bits per heavy atom. The van der Waals surface area contributed by atoms with Gasteiger partial charge in [0.15, 0.2) is 5.82 Å². The van der Waals surface area contributed by atoms with Crippen LogP contribution in [0.15, 0.2) is 29.0 Å². The van der Waals surface area contributed by atoms with Crippen LogP contribution in [0.1, 0.15) is 0 Å². The Labute approximate surface area is 92.7 Å². The van der Waals surface area contributed by atoms with E-state index >= 15 is 0 Å². The number of nitrogens with zero attached hydrogens (tertiary/aromatic N) is 2. The molecule has 0 amide bonds. The molecule has 0 N–H and O–H groups in total. The van der Waals surface area contributed by atoms with Gasteiger partial charge in [-0.3, -0.25) is 0 Å². The van der Waals surface area contributed by atoms with E-state index in [-0.39, 0.29) is 0 Å². The summed E-state index contributed by atoms with van der Waals surface area (Å²) in [6, 6.07) is 5.54. The van der Waals surface area contributed by atoms with Gasteiger partial charge in [0, 0.05) is 6.20 Å². The van der Waals surface area contributed by atoms with Gasteiger partial charge in [-0.1, -0.05) is 11.6 Å². The van der Waals surface area contributed by atoms with Crippen LogP contribution in [0.25, 0.3) is 10.7 Å². The van der Waals surface area contributed by atoms with Crippen molar-refractivity contribution in [3.05, 3.63) is 33.3 Å². The molecule has 5 heteroatoms. The fraction of sp³-hybridized carbons (Fsp3) is 0. The zero-order valence-electron chi connectivity index (χ0n) is 6.37. The molecule has 0 aromatic carbocycles. The summed E-state index contributed by atoms with van der Waals surface area (Å²) in [5.74, 6) is 0.700. The van der Waals surface area contributed by atoms with Crippen molar-refractivity contribution < 1.29 is 0 Å². The maximum Gasteiger partial charge on any atom is 0.170 e. The lowest BCUT2D eigenvalue weighted by Crippen LogP contribution is -1.84. The Morgan fingerprint density at radius 2 is 2.15 bits per heavy atom. The van der Waals surface area contributed by atoms with Crippen molar-refractivity contribution in [3.63, 3.8) is 0 Å². The first-order valence-corrected chi connectivity index (χ1v) is 5.49. The molecule has 0 saturated heterocycles. The van der Waals surface area contributed by atoms with Gasteiger partial charge >= 0.3 is 0 Å². The van der Waals surface area contributed by atoms with Crippen LogP contribution < -0.4 is 0 Å². The zero-order valence-corrected chi connectivity index (χ0v) is 9.53. The first-order chi connectivity index (χ1) is 6.25. The van der Waals surface area contributed by atoms with E-state index in [1.807, 2.05) is 12.1 Å². The second kappa shape index (κ2) is 3.74. The van der Waals surface area contributed by atoms with E-state index in [0.717, 1.165) is 13.8 Å². The van der Waals surface area contributed by atoms with Crippen LogP contribution in [-0.2, 0) is 0 Å². The van der Waals surface area contributed by atoms with E-state index in [9.17, 15) is 0 Å². The molecule has 13 heavy (non-hydrogen) atoms. The molecular formula is C8H4BrClN2S. The number of halogens is 2. The van der Waals surface area contributed by atoms with Crippen LogP contribution in [-0.4, -0.2) is 9.97 Å². The van der Waals surface area contributed by atoms with Crippen LogP contribution in [0.3, 0.4) is 0 Å². The summed E-state index contributed by atoms with van der Waals surface area (Å²) in [4.78, 5) is 9.33. The predicted molar refractivity (Wildman–Crippen MR) is 58.1 cm³/mol. The van der Waals surface area contributed by atoms with Gasteiger partial charge in [0.1, 0.15) is 4.60 Å². The van der Waals surface area contributed by atoms with Gasteiger partial charge in [-0.15, -0.1) is 11.3 Å². The molecule has 0 fully saturated rings. The maximum atomic E-state index is 5.80. The monoisotopic (exact) mass is 274 g/mol. The van der Waals surface area contributed by atoms with Crippen molar-refractivity contribution >= 4 is 38.9 Å². The molecule has 2 nitrogen and oxygen atoms in total. The van der Waals surface area contributed by atoms with Crippen LogP contribution in [0.5, 0.6) is 0 Å². The Kier molecular flexibility index (Phi) is 2.62. The quantitative estimate of drug-likeness (QED) is 0.743. The molecule has 0 aliphatic heterocycles. The summed E-state index contributed by atoms with van der Waals surface area (Å²) in [6.45, 7) is 0. The Bertz CT molecular complexity index is 430. The highest BCUT2D eigenvalue weighted by Gasteiger charge is 2.04. The van der Waals surface area contributed by atoms with Crippen molar-refractivity contribution in [2.75, 3.05) is 0 Å². The number of thiophene rings is 1. The first-order valence-electron chi connectivity index (χ1n) is 3.50. The minimum absolute atomic E-state index is 0.700. The lowest BCUT2D eigenvalue weighted by atomic mass is 10.4. The normalized spacial score (nSPS) is 10.3. The average Bonchev–Trinajstić information content (AvgIpc) is 2.52. The third-order valence-corrected chi connectivity index (χ3v) is 3.08. The zero-order chi connectivity index (χ0) is 9.26. The highest BCUT2D eigenvalue weighted by atomic mass is 79.9. The molecule has 0 atom stereocenters. The van der Waals surface area contributed by atoms with E-state index in [0.29, 0.717) is 5.82 Å². The molecular weight excluding hydrogens is 272 g/mol. The molecule has 2 aromatic rings. The molecule has 0 aliphatic carbocycles. The van der Waals surface area contributed by atoms with Gasteiger partial charge in [0.25, 0.3) is 0 Å². The fourth-order valence-electron chi connectivity index (χ4n) is 0.890. The fourth-order valence-corrected chi connectivity index (χ4v) is 2.16. The van der Waals surface area contributed by atoms with Gasteiger partial charge < -0.3 is 0 Å². The molecule has 2 rings (SSSR count). The van der Waals surface area contributed by atoms with Crippen LogP contribution in [0.2, 0.25) is 4.34 Å². The summed E-state index contributed by atoms with van der Waals surface area (Å²) in [6.07, 6.45) is 1.71. The molecule has 0 spiro atoms. The van der Waals surface area contributed by atoms with E-state index in [1.165, 1.54) is 11.3 Å². The van der Waals surface area contributed by atoms with Crippen LogP contribution in [0.4, 0.5) is 0 Å². The average molecular weight is 276 g/mol. The molecule has 0 aliphatic rings. The van der Waals surface area contributed by atoms with Gasteiger partial charge in [-0.2, -0.15) is 0 Å². The van der Waals surface area contributed by atoms with Crippen LogP contribution in [0, 0.1) is 0 Å². The summed E-state index contributed by atoms with van der Waals surface area (Å²) in [5, 5.41) is 0. The number of aromatic nitrogens is 2. The van der Waals surface area contributed by atoms with Crippen molar-refractivity contribution in [2.24, 2.45) is 0 Å². The maximum absolute atomic E-state index is 5.80. The summed E-state index contributed by atoms with van der Waals surface area (Å²) >= 11 is 10.6. The minimum atomic E-state index is 0.700. The van der Waals surface area contributed by atoms with Crippen LogP contribution >= 0.6 is 38.9 Å². The highest BCUT2D eigenvalue weighted by Crippen LogP contribution is 2.28. The summed E-state index contributed by atoms with van der Waals surface area (Å²) in [7, 11) is 0. The Balaban J connectivity index is 2.46. The highest BCUT2D eigenvalue weighted by molar-refractivity contribution is 9.10. The topological polar surface area (TPSA) is 25.8 Å². The molecule has 2 aromatic heterocycles. The summed E-state index contributed by atoms with van der Waals surface area (Å²) < 4.78 is 1.53. The van der Waals surface area contributed by atoms with E-state index in [1.54, 1.807) is 12.3 Å². The van der Waals surface area contributed by atoms with E-state index in [2.05, 4.69) is 25.9 Å². The smallest absolute Gasteiger partial charge is 0.170 e. The Morgan fingerprint density at radius 3 is 2.77 bits per heavy atom. The van der Waals surface area contributed by atoms with Crippen molar-refractivity contribution in [1.29, 1.82) is 0 Å². The summed E-state index contributed by atoms with van der Waals surface area (Å²) in [5.41, 5.74) is 0. The first kappa shape index (κ1) is 9.12. The standard InChI is InChI=1S/C8H4BrClN2S/c9-6-3-4-11-8(12-6)5-1-2-7(10)13-5/h1-4H. The van der Waals surface area contributed by atoms with E-state index in [4.69, 9.17) is 11.6 Å². The second-order valence-corrected chi connectivity index (χ2v) is 4.83. The van der Waals surface area contributed by atoms with Crippen molar-refractivity contribution in [3.8, 4) is 10.7 Å². The molecule has 0 unspecified atom stereocenters. The van der Waals surface area contributed by atoms with Gasteiger partial charge in [-0.05, 0) is 34.1 Å². The molecule has 0 bridgehead atoms. The number of rotatable bonds is 1. The SMILES string of the molecule is Clc1ccc(-c2nccc(Br)n2)s1. The molecule has 66 valence electrons.